The Bertz CT molecular complexity index is 1470. The number of benzene rings is 2. The van der Waals surface area contributed by atoms with Crippen molar-refractivity contribution in [2.45, 2.75) is 11.8 Å². The molecule has 0 aliphatic heterocycles. The van der Waals surface area contributed by atoms with Crippen LogP contribution in [0.25, 0.3) is 16.8 Å². The summed E-state index contributed by atoms with van der Waals surface area (Å²) < 4.78 is 63.9. The Morgan fingerprint density at radius 2 is 2.00 bits per heavy atom. The number of imidazole rings is 1. The number of rotatable bonds is 5. The number of hydrogen-bond donors (Lipinski definition) is 2. The first kappa shape index (κ1) is 21.8. The molecule has 0 fully saturated rings. The van der Waals surface area contributed by atoms with Crippen LogP contribution in [0.5, 0.6) is 5.75 Å². The van der Waals surface area contributed by atoms with E-state index in [1.165, 1.54) is 31.5 Å². The predicted molar refractivity (Wildman–Crippen MR) is 116 cm³/mol. The van der Waals surface area contributed by atoms with E-state index in [4.69, 9.17) is 22.1 Å². The molecule has 0 saturated carbocycles. The normalized spacial score (nSPS) is 11.7. The largest absolute Gasteiger partial charge is 0.495 e. The van der Waals surface area contributed by atoms with Gasteiger partial charge in [-0.2, -0.15) is 0 Å². The fraction of sp³-hybridized carbons (Fsp3) is 0.100. The average Bonchev–Trinajstić information content (AvgIpc) is 3.08. The van der Waals surface area contributed by atoms with E-state index in [2.05, 4.69) is 14.7 Å². The van der Waals surface area contributed by atoms with Gasteiger partial charge in [0.2, 0.25) is 0 Å². The van der Waals surface area contributed by atoms with E-state index in [1.807, 2.05) is 0 Å². The molecule has 2 aromatic heterocycles. The number of nitrogens with two attached hydrogens (primary N) is 1. The summed E-state index contributed by atoms with van der Waals surface area (Å²) in [5.74, 6) is -1.40. The van der Waals surface area contributed by atoms with Crippen molar-refractivity contribution >= 4 is 38.6 Å². The summed E-state index contributed by atoms with van der Waals surface area (Å²) in [6.07, 6.45) is 3.11. The molecule has 0 radical (unpaired) electrons. The highest BCUT2D eigenvalue weighted by atomic mass is 35.5. The Kier molecular flexibility index (Phi) is 5.39. The Balaban J connectivity index is 1.81. The first-order valence-corrected chi connectivity index (χ1v) is 10.9. The fourth-order valence-corrected chi connectivity index (χ4v) is 4.72. The summed E-state index contributed by atoms with van der Waals surface area (Å²) in [7, 11) is -3.26. The van der Waals surface area contributed by atoms with E-state index in [0.29, 0.717) is 11.3 Å². The Labute approximate surface area is 186 Å². The molecule has 2 heterocycles. The number of aryl methyl sites for hydroxylation is 1. The molecule has 0 aliphatic carbocycles. The van der Waals surface area contributed by atoms with Crippen LogP contribution in [0.2, 0.25) is 5.02 Å². The highest BCUT2D eigenvalue weighted by molar-refractivity contribution is 7.92. The molecule has 0 aliphatic rings. The minimum absolute atomic E-state index is 0.0104. The summed E-state index contributed by atoms with van der Waals surface area (Å²) in [5, 5.41) is -0.119. The molecule has 0 amide bonds. The third-order valence-corrected chi connectivity index (χ3v) is 6.43. The van der Waals surface area contributed by atoms with Gasteiger partial charge in [0.1, 0.15) is 39.3 Å². The van der Waals surface area contributed by atoms with Gasteiger partial charge in [0, 0.05) is 24.0 Å². The van der Waals surface area contributed by atoms with E-state index in [1.54, 1.807) is 17.5 Å². The third-order valence-electron chi connectivity index (χ3n) is 4.75. The molecule has 8 nitrogen and oxygen atoms in total. The quantitative estimate of drug-likeness (QED) is 0.447. The van der Waals surface area contributed by atoms with Crippen molar-refractivity contribution in [3.63, 3.8) is 0 Å². The standard InChI is InChI=1S/C20H16ClF2N5O3S/c1-10-26-18(19-20(24)25-6-7-28(10)19)11-4-3-5-14(17(11)23)27-32(29,30)16-8-12(21)15(31-2)9-13(16)22/h3-9,27H,1-2H3,(H2,24,25). The summed E-state index contributed by atoms with van der Waals surface area (Å²) in [5.41, 5.74) is 6.10. The Morgan fingerprint density at radius 3 is 2.72 bits per heavy atom. The maximum absolute atomic E-state index is 15.4. The molecule has 166 valence electrons. The van der Waals surface area contributed by atoms with Gasteiger partial charge < -0.3 is 10.5 Å². The van der Waals surface area contributed by atoms with Gasteiger partial charge in [-0.15, -0.1) is 0 Å². The maximum atomic E-state index is 15.4. The first-order valence-electron chi connectivity index (χ1n) is 9.08. The second-order valence-electron chi connectivity index (χ2n) is 6.73. The fourth-order valence-electron chi connectivity index (χ4n) is 3.27. The molecule has 3 N–H and O–H groups in total. The zero-order valence-electron chi connectivity index (χ0n) is 16.7. The van der Waals surface area contributed by atoms with Gasteiger partial charge >= 0.3 is 0 Å². The van der Waals surface area contributed by atoms with Crippen molar-refractivity contribution in [3.05, 3.63) is 65.2 Å². The highest BCUT2D eigenvalue weighted by Gasteiger charge is 2.25. The lowest BCUT2D eigenvalue weighted by Crippen LogP contribution is -2.16. The second kappa shape index (κ2) is 7.92. The lowest BCUT2D eigenvalue weighted by molar-refractivity contribution is 0.410. The van der Waals surface area contributed by atoms with Crippen molar-refractivity contribution in [1.82, 2.24) is 14.4 Å². The number of hydrogen-bond acceptors (Lipinski definition) is 6. The van der Waals surface area contributed by atoms with Crippen molar-refractivity contribution in [2.24, 2.45) is 0 Å². The Hall–Kier alpha value is -3.44. The van der Waals surface area contributed by atoms with Gasteiger partial charge in [-0.1, -0.05) is 17.7 Å². The molecule has 4 rings (SSSR count). The number of halogens is 3. The average molecular weight is 480 g/mol. The summed E-state index contributed by atoms with van der Waals surface area (Å²) >= 11 is 5.93. The van der Waals surface area contributed by atoms with Gasteiger partial charge in [-0.05, 0) is 25.1 Å². The van der Waals surface area contributed by atoms with Crippen LogP contribution in [-0.4, -0.2) is 29.9 Å². The lowest BCUT2D eigenvalue weighted by atomic mass is 10.1. The molecular weight excluding hydrogens is 464 g/mol. The van der Waals surface area contributed by atoms with Crippen molar-refractivity contribution in [3.8, 4) is 17.0 Å². The van der Waals surface area contributed by atoms with E-state index in [0.717, 1.165) is 12.1 Å². The van der Waals surface area contributed by atoms with E-state index in [9.17, 15) is 12.8 Å². The van der Waals surface area contributed by atoms with Crippen LogP contribution in [0, 0.1) is 18.6 Å². The number of ether oxygens (including phenoxy) is 1. The van der Waals surface area contributed by atoms with Crippen LogP contribution >= 0.6 is 11.6 Å². The van der Waals surface area contributed by atoms with E-state index < -0.39 is 32.2 Å². The van der Waals surface area contributed by atoms with Gasteiger partial charge in [0.05, 0.1) is 17.8 Å². The molecule has 12 heteroatoms. The molecule has 0 spiro atoms. The number of nitrogen functional groups attached to an aromatic ring is 1. The van der Waals surface area contributed by atoms with Crippen LogP contribution in [-0.2, 0) is 10.0 Å². The smallest absolute Gasteiger partial charge is 0.264 e. The predicted octanol–water partition coefficient (Wildman–Crippen LogP) is 4.03. The zero-order chi connectivity index (χ0) is 23.2. The minimum atomic E-state index is -4.53. The number of fused-ring (bicyclic) bond motifs is 1. The van der Waals surface area contributed by atoms with Gasteiger partial charge in [-0.25, -0.2) is 27.2 Å². The molecule has 0 saturated heterocycles. The van der Waals surface area contributed by atoms with Crippen molar-refractivity contribution < 1.29 is 21.9 Å². The SMILES string of the molecule is COc1cc(F)c(S(=O)(=O)Nc2cccc(-c3nc(C)n4ccnc(N)c34)c2F)cc1Cl. The molecule has 32 heavy (non-hydrogen) atoms. The van der Waals surface area contributed by atoms with Crippen LogP contribution in [0.3, 0.4) is 0 Å². The number of nitrogens with one attached hydrogen (secondary N) is 1. The van der Waals surface area contributed by atoms with Crippen LogP contribution in [0.4, 0.5) is 20.3 Å². The van der Waals surface area contributed by atoms with Crippen LogP contribution in [0.1, 0.15) is 5.82 Å². The van der Waals surface area contributed by atoms with Gasteiger partial charge in [-0.3, -0.25) is 9.12 Å². The number of aromatic nitrogens is 3. The molecule has 4 aromatic rings. The van der Waals surface area contributed by atoms with Crippen molar-refractivity contribution in [1.29, 1.82) is 0 Å². The third kappa shape index (κ3) is 3.59. The summed E-state index contributed by atoms with van der Waals surface area (Å²) in [6.45, 7) is 1.70. The Morgan fingerprint density at radius 1 is 1.25 bits per heavy atom. The van der Waals surface area contributed by atoms with Gasteiger partial charge in [0.25, 0.3) is 10.0 Å². The number of methoxy groups -OCH3 is 1. The van der Waals surface area contributed by atoms with Crippen LogP contribution < -0.4 is 15.2 Å². The highest BCUT2D eigenvalue weighted by Crippen LogP contribution is 2.34. The number of sulfonamides is 1. The second-order valence-corrected chi connectivity index (χ2v) is 8.79. The van der Waals surface area contributed by atoms with E-state index >= 15 is 4.39 Å². The molecule has 0 bridgehead atoms. The van der Waals surface area contributed by atoms with Gasteiger partial charge in [0.15, 0.2) is 5.82 Å². The first-order chi connectivity index (χ1) is 15.1. The maximum Gasteiger partial charge on any atom is 0.264 e. The monoisotopic (exact) mass is 479 g/mol. The molecular formula is C20H16ClF2N5O3S. The molecule has 0 unspecified atom stereocenters. The minimum Gasteiger partial charge on any atom is -0.495 e. The summed E-state index contributed by atoms with van der Waals surface area (Å²) in [6, 6.07) is 5.77. The van der Waals surface area contributed by atoms with Crippen molar-refractivity contribution in [2.75, 3.05) is 17.6 Å². The number of nitrogens with zero attached hydrogens (tertiary/aromatic N) is 3. The lowest BCUT2D eigenvalue weighted by Gasteiger charge is -2.13. The van der Waals surface area contributed by atoms with E-state index in [-0.39, 0.29) is 27.8 Å². The van der Waals surface area contributed by atoms with Crippen LogP contribution in [0.15, 0.2) is 47.6 Å². The summed E-state index contributed by atoms with van der Waals surface area (Å²) in [4.78, 5) is 7.61. The topological polar surface area (TPSA) is 112 Å². The molecule has 0 atom stereocenters. The zero-order valence-corrected chi connectivity index (χ0v) is 18.3. The molecule has 2 aromatic carbocycles. The number of anilines is 2.